The first kappa shape index (κ1) is 19.8. The van der Waals surface area contributed by atoms with E-state index in [1.165, 1.54) is 0 Å². The molecule has 2 aromatic heterocycles. The molecular weight excluding hydrogens is 388 g/mol. The number of piperidine rings is 1. The van der Waals surface area contributed by atoms with Crippen molar-refractivity contribution >= 4 is 10.0 Å². The van der Waals surface area contributed by atoms with Gasteiger partial charge in [-0.2, -0.15) is 9.40 Å². The number of hydrogen-bond acceptors (Lipinski definition) is 5. The van der Waals surface area contributed by atoms with Crippen LogP contribution < -0.4 is 0 Å². The standard InChI is InChI=1S/C21H26N4O3S/c1-15-9-11-24(12-10-15)29(26,27)21-16(2)22-25(17(21)3)14-19-13-20(28-23-19)18-7-5-4-6-8-18/h4-8,13,15H,9-12,14H2,1-3H3. The minimum absolute atomic E-state index is 0.318. The molecule has 1 aliphatic heterocycles. The lowest BCUT2D eigenvalue weighted by atomic mass is 10.0. The Labute approximate surface area is 171 Å². The van der Waals surface area contributed by atoms with Crippen LogP contribution in [-0.2, 0) is 16.6 Å². The van der Waals surface area contributed by atoms with Crippen LogP contribution in [0.3, 0.4) is 0 Å². The molecule has 0 unspecified atom stereocenters. The fraction of sp³-hybridized carbons (Fsp3) is 0.429. The quantitative estimate of drug-likeness (QED) is 0.637. The van der Waals surface area contributed by atoms with Crippen LogP contribution in [0.1, 0.15) is 36.8 Å². The Kier molecular flexibility index (Phi) is 5.31. The molecule has 1 aromatic carbocycles. The van der Waals surface area contributed by atoms with Crippen molar-refractivity contribution in [1.29, 1.82) is 0 Å². The number of nitrogens with zero attached hydrogens (tertiary/aromatic N) is 4. The van der Waals surface area contributed by atoms with Crippen LogP contribution in [0.5, 0.6) is 0 Å². The van der Waals surface area contributed by atoms with E-state index in [1.807, 2.05) is 36.4 Å². The maximum Gasteiger partial charge on any atom is 0.246 e. The van der Waals surface area contributed by atoms with Gasteiger partial charge in [0.15, 0.2) is 5.76 Å². The SMILES string of the molecule is Cc1nn(Cc2cc(-c3ccccc3)on2)c(C)c1S(=O)(=O)N1CCC(C)CC1. The van der Waals surface area contributed by atoms with Gasteiger partial charge in [0, 0.05) is 24.7 Å². The summed E-state index contributed by atoms with van der Waals surface area (Å²) in [5, 5.41) is 8.63. The van der Waals surface area contributed by atoms with E-state index in [0.29, 0.717) is 53.3 Å². The van der Waals surface area contributed by atoms with E-state index in [9.17, 15) is 8.42 Å². The van der Waals surface area contributed by atoms with Gasteiger partial charge in [-0.25, -0.2) is 8.42 Å². The fourth-order valence-electron chi connectivity index (χ4n) is 3.84. The summed E-state index contributed by atoms with van der Waals surface area (Å²) in [4.78, 5) is 0.318. The summed E-state index contributed by atoms with van der Waals surface area (Å²) in [6.07, 6.45) is 1.79. The highest BCUT2D eigenvalue weighted by Gasteiger charge is 2.33. The maximum absolute atomic E-state index is 13.2. The zero-order valence-corrected chi connectivity index (χ0v) is 17.8. The second-order valence-corrected chi connectivity index (χ2v) is 9.67. The van der Waals surface area contributed by atoms with Gasteiger partial charge in [-0.15, -0.1) is 0 Å². The van der Waals surface area contributed by atoms with Crippen molar-refractivity contribution in [3.63, 3.8) is 0 Å². The summed E-state index contributed by atoms with van der Waals surface area (Å²) >= 11 is 0. The summed E-state index contributed by atoms with van der Waals surface area (Å²) in [6, 6.07) is 11.6. The second-order valence-electron chi connectivity index (χ2n) is 7.79. The molecule has 0 radical (unpaired) electrons. The van der Waals surface area contributed by atoms with Crippen LogP contribution in [0.15, 0.2) is 45.8 Å². The Morgan fingerprint density at radius 3 is 2.52 bits per heavy atom. The molecule has 0 amide bonds. The number of sulfonamides is 1. The molecule has 154 valence electrons. The Hall–Kier alpha value is -2.45. The minimum atomic E-state index is -3.55. The van der Waals surface area contributed by atoms with E-state index < -0.39 is 10.0 Å². The van der Waals surface area contributed by atoms with Crippen LogP contribution >= 0.6 is 0 Å². The van der Waals surface area contributed by atoms with E-state index >= 15 is 0 Å². The monoisotopic (exact) mass is 414 g/mol. The number of rotatable bonds is 5. The van der Waals surface area contributed by atoms with Crippen LogP contribution in [0, 0.1) is 19.8 Å². The molecule has 7 nitrogen and oxygen atoms in total. The average Bonchev–Trinajstić information content (AvgIpc) is 3.27. The molecule has 3 heterocycles. The molecule has 0 bridgehead atoms. The van der Waals surface area contributed by atoms with E-state index in [1.54, 1.807) is 22.8 Å². The van der Waals surface area contributed by atoms with Crippen molar-refractivity contribution < 1.29 is 12.9 Å². The van der Waals surface area contributed by atoms with Crippen LogP contribution in [0.4, 0.5) is 0 Å². The molecule has 0 spiro atoms. The lowest BCUT2D eigenvalue weighted by Gasteiger charge is -2.29. The number of hydrogen-bond donors (Lipinski definition) is 0. The molecule has 1 aliphatic rings. The Balaban J connectivity index is 1.59. The van der Waals surface area contributed by atoms with Gasteiger partial charge in [-0.1, -0.05) is 42.4 Å². The zero-order valence-electron chi connectivity index (χ0n) is 17.0. The van der Waals surface area contributed by atoms with Gasteiger partial charge in [0.1, 0.15) is 10.6 Å². The van der Waals surface area contributed by atoms with Crippen LogP contribution in [-0.4, -0.2) is 40.7 Å². The largest absolute Gasteiger partial charge is 0.356 e. The van der Waals surface area contributed by atoms with E-state index in [-0.39, 0.29) is 0 Å². The molecule has 3 aromatic rings. The van der Waals surface area contributed by atoms with Crippen LogP contribution in [0.25, 0.3) is 11.3 Å². The van der Waals surface area contributed by atoms with Gasteiger partial charge in [0.25, 0.3) is 0 Å². The molecule has 0 N–H and O–H groups in total. The molecule has 1 saturated heterocycles. The molecule has 0 saturated carbocycles. The predicted molar refractivity (Wildman–Crippen MR) is 110 cm³/mol. The highest BCUT2D eigenvalue weighted by Crippen LogP contribution is 2.28. The topological polar surface area (TPSA) is 81.2 Å². The summed E-state index contributed by atoms with van der Waals surface area (Å²) in [7, 11) is -3.55. The molecule has 4 rings (SSSR count). The zero-order chi connectivity index (χ0) is 20.6. The maximum atomic E-state index is 13.2. The van der Waals surface area contributed by atoms with E-state index in [2.05, 4.69) is 17.2 Å². The summed E-state index contributed by atoms with van der Waals surface area (Å²) in [5.74, 6) is 1.25. The van der Waals surface area contributed by atoms with Gasteiger partial charge >= 0.3 is 0 Å². The average molecular weight is 415 g/mol. The third-order valence-electron chi connectivity index (χ3n) is 5.58. The molecule has 0 atom stereocenters. The lowest BCUT2D eigenvalue weighted by Crippen LogP contribution is -2.38. The van der Waals surface area contributed by atoms with Crippen molar-refractivity contribution in [3.8, 4) is 11.3 Å². The smallest absolute Gasteiger partial charge is 0.246 e. The predicted octanol–water partition coefficient (Wildman–Crippen LogP) is 3.62. The van der Waals surface area contributed by atoms with Gasteiger partial charge in [-0.05, 0) is 32.6 Å². The highest BCUT2D eigenvalue weighted by molar-refractivity contribution is 7.89. The number of aryl methyl sites for hydroxylation is 1. The molecule has 0 aliphatic carbocycles. The fourth-order valence-corrected chi connectivity index (χ4v) is 5.68. The molecule has 1 fully saturated rings. The number of benzene rings is 1. The summed E-state index contributed by atoms with van der Waals surface area (Å²) in [6.45, 7) is 7.21. The van der Waals surface area contributed by atoms with Crippen molar-refractivity contribution in [2.24, 2.45) is 5.92 Å². The van der Waals surface area contributed by atoms with Crippen molar-refractivity contribution in [3.05, 3.63) is 53.5 Å². The number of aromatic nitrogens is 3. The first-order valence-electron chi connectivity index (χ1n) is 9.91. The van der Waals surface area contributed by atoms with Crippen LogP contribution in [0.2, 0.25) is 0 Å². The van der Waals surface area contributed by atoms with Gasteiger partial charge < -0.3 is 4.52 Å². The lowest BCUT2D eigenvalue weighted by molar-refractivity contribution is 0.288. The third kappa shape index (κ3) is 3.86. The summed E-state index contributed by atoms with van der Waals surface area (Å²) < 4.78 is 35.2. The minimum Gasteiger partial charge on any atom is -0.356 e. The normalized spacial score (nSPS) is 16.4. The van der Waals surface area contributed by atoms with E-state index in [0.717, 1.165) is 18.4 Å². The van der Waals surface area contributed by atoms with Gasteiger partial charge in [-0.3, -0.25) is 4.68 Å². The van der Waals surface area contributed by atoms with E-state index in [4.69, 9.17) is 4.52 Å². The Morgan fingerprint density at radius 2 is 1.83 bits per heavy atom. The Bertz CT molecular complexity index is 1090. The highest BCUT2D eigenvalue weighted by atomic mass is 32.2. The molecule has 29 heavy (non-hydrogen) atoms. The first-order valence-corrected chi connectivity index (χ1v) is 11.4. The third-order valence-corrected chi connectivity index (χ3v) is 7.74. The second kappa shape index (κ2) is 7.76. The Morgan fingerprint density at radius 1 is 1.14 bits per heavy atom. The molecule has 8 heteroatoms. The molecular formula is C21H26N4O3S. The van der Waals surface area contributed by atoms with Crippen molar-refractivity contribution in [2.45, 2.75) is 45.1 Å². The van der Waals surface area contributed by atoms with Gasteiger partial charge in [0.2, 0.25) is 10.0 Å². The first-order chi connectivity index (χ1) is 13.9. The van der Waals surface area contributed by atoms with Gasteiger partial charge in [0.05, 0.1) is 17.9 Å². The van der Waals surface area contributed by atoms with Crippen molar-refractivity contribution in [2.75, 3.05) is 13.1 Å². The van der Waals surface area contributed by atoms with Crippen molar-refractivity contribution in [1.82, 2.24) is 19.2 Å². The summed E-state index contributed by atoms with van der Waals surface area (Å²) in [5.41, 5.74) is 2.80.